The van der Waals surface area contributed by atoms with Crippen LogP contribution in [-0.2, 0) is 11.8 Å². The summed E-state index contributed by atoms with van der Waals surface area (Å²) in [5.41, 5.74) is 1.56. The van der Waals surface area contributed by atoms with Gasteiger partial charge in [-0.05, 0) is 24.9 Å². The van der Waals surface area contributed by atoms with E-state index in [0.29, 0.717) is 0 Å². The highest BCUT2D eigenvalue weighted by Crippen LogP contribution is 2.32. The van der Waals surface area contributed by atoms with Gasteiger partial charge in [-0.15, -0.1) is 11.3 Å². The molecular weight excluding hydrogens is 264 g/mol. The quantitative estimate of drug-likeness (QED) is 0.742. The molecule has 1 heterocycles. The minimum Gasteiger partial charge on any atom is -0.316 e. The highest BCUT2D eigenvalue weighted by atomic mass is 32.1. The SMILES string of the molecule is CCCNCC(CC)(Cc1nccs1)c1ccccc1. The van der Waals surface area contributed by atoms with Crippen LogP contribution in [0.1, 0.15) is 37.3 Å². The first kappa shape index (κ1) is 15.2. The van der Waals surface area contributed by atoms with Crippen LogP contribution in [0.2, 0.25) is 0 Å². The van der Waals surface area contributed by atoms with Crippen molar-refractivity contribution < 1.29 is 0 Å². The average molecular weight is 288 g/mol. The summed E-state index contributed by atoms with van der Waals surface area (Å²) in [6, 6.07) is 10.9. The van der Waals surface area contributed by atoms with Gasteiger partial charge in [0.25, 0.3) is 0 Å². The van der Waals surface area contributed by atoms with Gasteiger partial charge in [0.1, 0.15) is 0 Å². The fourth-order valence-electron chi connectivity index (χ4n) is 2.65. The molecule has 2 aromatic rings. The van der Waals surface area contributed by atoms with Gasteiger partial charge in [0.05, 0.1) is 5.01 Å². The van der Waals surface area contributed by atoms with E-state index in [9.17, 15) is 0 Å². The van der Waals surface area contributed by atoms with Crippen LogP contribution in [-0.4, -0.2) is 18.1 Å². The van der Waals surface area contributed by atoms with Crippen LogP contribution in [0.25, 0.3) is 0 Å². The molecule has 1 aromatic heterocycles. The van der Waals surface area contributed by atoms with Gasteiger partial charge < -0.3 is 5.32 Å². The number of thiazole rings is 1. The lowest BCUT2D eigenvalue weighted by molar-refractivity contribution is 0.378. The third-order valence-electron chi connectivity index (χ3n) is 3.93. The molecule has 0 amide bonds. The van der Waals surface area contributed by atoms with E-state index in [0.717, 1.165) is 25.9 Å². The van der Waals surface area contributed by atoms with E-state index in [1.807, 2.05) is 6.20 Å². The zero-order chi connectivity index (χ0) is 14.3. The number of aromatic nitrogens is 1. The monoisotopic (exact) mass is 288 g/mol. The van der Waals surface area contributed by atoms with Crippen LogP contribution in [0, 0.1) is 0 Å². The predicted octanol–water partition coefficient (Wildman–Crippen LogP) is 4.03. The smallest absolute Gasteiger partial charge is 0.0934 e. The van der Waals surface area contributed by atoms with Gasteiger partial charge in [-0.1, -0.05) is 44.2 Å². The summed E-state index contributed by atoms with van der Waals surface area (Å²) in [7, 11) is 0. The summed E-state index contributed by atoms with van der Waals surface area (Å²) < 4.78 is 0. The van der Waals surface area contributed by atoms with E-state index in [-0.39, 0.29) is 5.41 Å². The van der Waals surface area contributed by atoms with Crippen molar-refractivity contribution >= 4 is 11.3 Å². The largest absolute Gasteiger partial charge is 0.316 e. The zero-order valence-corrected chi connectivity index (χ0v) is 13.2. The van der Waals surface area contributed by atoms with Crippen LogP contribution in [0.4, 0.5) is 0 Å². The van der Waals surface area contributed by atoms with Crippen LogP contribution in [0.15, 0.2) is 41.9 Å². The molecule has 1 aromatic carbocycles. The number of nitrogens with one attached hydrogen (secondary N) is 1. The van der Waals surface area contributed by atoms with E-state index in [1.165, 1.54) is 17.0 Å². The van der Waals surface area contributed by atoms with Crippen molar-refractivity contribution in [1.82, 2.24) is 10.3 Å². The Labute approximate surface area is 126 Å². The molecule has 1 atom stereocenters. The predicted molar refractivity (Wildman–Crippen MR) is 87.4 cm³/mol. The molecule has 0 aliphatic rings. The molecule has 1 unspecified atom stereocenters. The molecule has 3 heteroatoms. The highest BCUT2D eigenvalue weighted by molar-refractivity contribution is 7.09. The van der Waals surface area contributed by atoms with Gasteiger partial charge in [-0.3, -0.25) is 0 Å². The van der Waals surface area contributed by atoms with Crippen molar-refractivity contribution in [3.8, 4) is 0 Å². The lowest BCUT2D eigenvalue weighted by Gasteiger charge is -2.33. The van der Waals surface area contributed by atoms with Crippen molar-refractivity contribution in [2.45, 2.75) is 38.5 Å². The number of hydrogen-bond donors (Lipinski definition) is 1. The van der Waals surface area contributed by atoms with Crippen LogP contribution in [0.5, 0.6) is 0 Å². The molecule has 20 heavy (non-hydrogen) atoms. The standard InChI is InChI=1S/C17H24N2S/c1-3-10-18-14-17(4-2,13-16-19-11-12-20-16)15-8-6-5-7-9-15/h5-9,11-12,18H,3-4,10,13-14H2,1-2H3. The fraction of sp³-hybridized carbons (Fsp3) is 0.471. The molecule has 0 saturated heterocycles. The minimum atomic E-state index is 0.147. The van der Waals surface area contributed by atoms with Crippen molar-refractivity contribution in [1.29, 1.82) is 0 Å². The molecule has 2 rings (SSSR count). The summed E-state index contributed by atoms with van der Waals surface area (Å²) in [5.74, 6) is 0. The maximum Gasteiger partial charge on any atom is 0.0934 e. The van der Waals surface area contributed by atoms with Crippen molar-refractivity contribution in [2.75, 3.05) is 13.1 Å². The first-order valence-corrected chi connectivity index (χ1v) is 8.33. The van der Waals surface area contributed by atoms with Crippen molar-refractivity contribution in [3.05, 3.63) is 52.5 Å². The minimum absolute atomic E-state index is 0.147. The van der Waals surface area contributed by atoms with Crippen molar-refractivity contribution in [2.24, 2.45) is 0 Å². The zero-order valence-electron chi connectivity index (χ0n) is 12.4. The Balaban J connectivity index is 2.25. The van der Waals surface area contributed by atoms with Gasteiger partial charge in [0.2, 0.25) is 0 Å². The lowest BCUT2D eigenvalue weighted by atomic mass is 9.75. The Morgan fingerprint density at radius 1 is 1.20 bits per heavy atom. The molecule has 0 bridgehead atoms. The molecule has 1 N–H and O–H groups in total. The Morgan fingerprint density at radius 3 is 2.60 bits per heavy atom. The molecular formula is C17H24N2S. The van der Waals surface area contributed by atoms with Crippen LogP contribution >= 0.6 is 11.3 Å². The second-order valence-corrected chi connectivity index (χ2v) is 6.26. The van der Waals surface area contributed by atoms with Gasteiger partial charge in [0.15, 0.2) is 0 Å². The Hall–Kier alpha value is -1.19. The second kappa shape index (κ2) is 7.55. The number of nitrogens with zero attached hydrogens (tertiary/aromatic N) is 1. The maximum atomic E-state index is 4.49. The molecule has 0 radical (unpaired) electrons. The molecule has 0 aliphatic carbocycles. The average Bonchev–Trinajstić information content (AvgIpc) is 3.00. The molecule has 0 spiro atoms. The summed E-state index contributed by atoms with van der Waals surface area (Å²) in [5, 5.41) is 6.91. The molecule has 0 fully saturated rings. The Kier molecular flexibility index (Phi) is 5.74. The first-order chi connectivity index (χ1) is 9.80. The summed E-state index contributed by atoms with van der Waals surface area (Å²) in [4.78, 5) is 4.49. The van der Waals surface area contributed by atoms with E-state index < -0.39 is 0 Å². The van der Waals surface area contributed by atoms with Crippen LogP contribution in [0.3, 0.4) is 0 Å². The topological polar surface area (TPSA) is 24.9 Å². The second-order valence-electron chi connectivity index (χ2n) is 5.28. The summed E-state index contributed by atoms with van der Waals surface area (Å²) >= 11 is 1.76. The van der Waals surface area contributed by atoms with Crippen molar-refractivity contribution in [3.63, 3.8) is 0 Å². The van der Waals surface area contributed by atoms with Gasteiger partial charge in [-0.2, -0.15) is 0 Å². The highest BCUT2D eigenvalue weighted by Gasteiger charge is 2.31. The van der Waals surface area contributed by atoms with Gasteiger partial charge in [-0.25, -0.2) is 4.98 Å². The van der Waals surface area contributed by atoms with Gasteiger partial charge >= 0.3 is 0 Å². The maximum absolute atomic E-state index is 4.49. The van der Waals surface area contributed by atoms with E-state index in [4.69, 9.17) is 0 Å². The third kappa shape index (κ3) is 3.68. The van der Waals surface area contributed by atoms with E-state index in [1.54, 1.807) is 11.3 Å². The third-order valence-corrected chi connectivity index (χ3v) is 4.71. The number of rotatable bonds is 8. The molecule has 0 aliphatic heterocycles. The van der Waals surface area contributed by atoms with Gasteiger partial charge in [0, 0.05) is 30.0 Å². The lowest BCUT2D eigenvalue weighted by Crippen LogP contribution is -2.40. The first-order valence-electron chi connectivity index (χ1n) is 7.45. The molecule has 0 saturated carbocycles. The summed E-state index contributed by atoms with van der Waals surface area (Å²) in [6.07, 6.45) is 5.21. The van der Waals surface area contributed by atoms with E-state index >= 15 is 0 Å². The van der Waals surface area contributed by atoms with Crippen LogP contribution < -0.4 is 5.32 Å². The Bertz CT molecular complexity index is 481. The Morgan fingerprint density at radius 2 is 2.00 bits per heavy atom. The fourth-order valence-corrected chi connectivity index (χ4v) is 3.41. The van der Waals surface area contributed by atoms with E-state index in [2.05, 4.69) is 59.9 Å². The number of benzene rings is 1. The number of hydrogen-bond acceptors (Lipinski definition) is 3. The molecule has 2 nitrogen and oxygen atoms in total. The summed E-state index contributed by atoms with van der Waals surface area (Å²) in [6.45, 7) is 6.59. The molecule has 108 valence electrons. The normalized spacial score (nSPS) is 14.1.